The molecule has 18 heavy (non-hydrogen) atoms. The van der Waals surface area contributed by atoms with Gasteiger partial charge < -0.3 is 9.72 Å². The highest BCUT2D eigenvalue weighted by atomic mass is 16.5. The standard InChI is InChI=1S/C15H18N2O/c1-2-12-3-4-14-13(10-16-15(14)9-12)11-17-5-7-18-8-6-17/h2-4,9-10,16H,1,5-8,11H2. The minimum Gasteiger partial charge on any atom is -0.379 e. The molecular weight excluding hydrogens is 224 g/mol. The molecule has 1 aliphatic heterocycles. The summed E-state index contributed by atoms with van der Waals surface area (Å²) in [5, 5.41) is 1.31. The van der Waals surface area contributed by atoms with Crippen LogP contribution in [0.3, 0.4) is 0 Å². The fourth-order valence-corrected chi connectivity index (χ4v) is 2.46. The molecule has 0 spiro atoms. The van der Waals surface area contributed by atoms with Crippen LogP contribution in [0, 0.1) is 0 Å². The summed E-state index contributed by atoms with van der Waals surface area (Å²) < 4.78 is 5.38. The van der Waals surface area contributed by atoms with Gasteiger partial charge in [-0.25, -0.2) is 0 Å². The highest BCUT2D eigenvalue weighted by Crippen LogP contribution is 2.21. The van der Waals surface area contributed by atoms with Gasteiger partial charge in [0.2, 0.25) is 0 Å². The molecule has 0 radical (unpaired) electrons. The lowest BCUT2D eigenvalue weighted by Gasteiger charge is -2.26. The average Bonchev–Trinajstić information content (AvgIpc) is 2.82. The Morgan fingerprint density at radius 2 is 2.17 bits per heavy atom. The molecule has 3 nitrogen and oxygen atoms in total. The molecular formula is C15H18N2O. The number of hydrogen-bond donors (Lipinski definition) is 1. The van der Waals surface area contributed by atoms with Crippen molar-refractivity contribution in [2.45, 2.75) is 6.54 Å². The Balaban J connectivity index is 1.85. The van der Waals surface area contributed by atoms with Crippen molar-refractivity contribution in [1.29, 1.82) is 0 Å². The van der Waals surface area contributed by atoms with E-state index in [4.69, 9.17) is 4.74 Å². The van der Waals surface area contributed by atoms with E-state index in [1.165, 1.54) is 16.5 Å². The largest absolute Gasteiger partial charge is 0.379 e. The van der Waals surface area contributed by atoms with Crippen molar-refractivity contribution in [2.24, 2.45) is 0 Å². The van der Waals surface area contributed by atoms with Gasteiger partial charge >= 0.3 is 0 Å². The first-order chi connectivity index (χ1) is 8.86. The third kappa shape index (κ3) is 2.19. The Kier molecular flexibility index (Phi) is 3.17. The first-order valence-electron chi connectivity index (χ1n) is 6.39. The summed E-state index contributed by atoms with van der Waals surface area (Å²) in [5.41, 5.74) is 3.71. The number of morpholine rings is 1. The van der Waals surface area contributed by atoms with E-state index in [1.807, 2.05) is 6.08 Å². The minimum atomic E-state index is 0.850. The summed E-state index contributed by atoms with van der Waals surface area (Å²) in [4.78, 5) is 5.78. The number of nitrogens with zero attached hydrogens (tertiary/aromatic N) is 1. The highest BCUT2D eigenvalue weighted by Gasteiger charge is 2.12. The summed E-state index contributed by atoms with van der Waals surface area (Å²) in [6, 6.07) is 6.44. The summed E-state index contributed by atoms with van der Waals surface area (Å²) in [6.45, 7) is 8.55. The number of rotatable bonds is 3. The molecule has 1 aromatic carbocycles. The number of benzene rings is 1. The van der Waals surface area contributed by atoms with E-state index >= 15 is 0 Å². The molecule has 0 saturated carbocycles. The average molecular weight is 242 g/mol. The highest BCUT2D eigenvalue weighted by molar-refractivity contribution is 5.85. The van der Waals surface area contributed by atoms with Crippen molar-refractivity contribution in [1.82, 2.24) is 9.88 Å². The number of aromatic amines is 1. The molecule has 3 rings (SSSR count). The zero-order valence-corrected chi connectivity index (χ0v) is 10.5. The second-order valence-electron chi connectivity index (χ2n) is 4.71. The topological polar surface area (TPSA) is 28.3 Å². The Morgan fingerprint density at radius 1 is 1.33 bits per heavy atom. The molecule has 1 fully saturated rings. The van der Waals surface area contributed by atoms with Crippen LogP contribution in [0.25, 0.3) is 17.0 Å². The smallest absolute Gasteiger partial charge is 0.0594 e. The summed E-state index contributed by atoms with van der Waals surface area (Å²) >= 11 is 0. The van der Waals surface area contributed by atoms with Gasteiger partial charge in [-0.1, -0.05) is 24.8 Å². The van der Waals surface area contributed by atoms with Crippen LogP contribution in [0.5, 0.6) is 0 Å². The zero-order chi connectivity index (χ0) is 12.4. The molecule has 0 unspecified atom stereocenters. The lowest BCUT2D eigenvalue weighted by molar-refractivity contribution is 0.0343. The maximum Gasteiger partial charge on any atom is 0.0594 e. The van der Waals surface area contributed by atoms with E-state index in [1.54, 1.807) is 0 Å². The summed E-state index contributed by atoms with van der Waals surface area (Å²) in [6.07, 6.45) is 3.99. The molecule has 2 heterocycles. The monoisotopic (exact) mass is 242 g/mol. The number of hydrogen-bond acceptors (Lipinski definition) is 2. The third-order valence-electron chi connectivity index (χ3n) is 3.52. The van der Waals surface area contributed by atoms with Crippen molar-refractivity contribution < 1.29 is 4.74 Å². The maximum absolute atomic E-state index is 5.38. The second-order valence-corrected chi connectivity index (χ2v) is 4.71. The van der Waals surface area contributed by atoms with Gasteiger partial charge in [0.05, 0.1) is 13.2 Å². The van der Waals surface area contributed by atoms with Crippen LogP contribution in [0.1, 0.15) is 11.1 Å². The molecule has 1 N–H and O–H groups in total. The number of nitrogens with one attached hydrogen (secondary N) is 1. The molecule has 0 aliphatic carbocycles. The van der Waals surface area contributed by atoms with Gasteiger partial charge in [0.25, 0.3) is 0 Å². The summed E-state index contributed by atoms with van der Waals surface area (Å²) in [5.74, 6) is 0. The fraction of sp³-hybridized carbons (Fsp3) is 0.333. The Hall–Kier alpha value is -1.58. The Bertz CT molecular complexity index is 553. The van der Waals surface area contributed by atoms with Crippen molar-refractivity contribution in [2.75, 3.05) is 26.3 Å². The SMILES string of the molecule is C=Cc1ccc2c(CN3CCOCC3)c[nH]c2c1. The van der Waals surface area contributed by atoms with E-state index in [2.05, 4.69) is 40.9 Å². The van der Waals surface area contributed by atoms with Gasteiger partial charge in [0.15, 0.2) is 0 Å². The van der Waals surface area contributed by atoms with Gasteiger partial charge in [-0.2, -0.15) is 0 Å². The third-order valence-corrected chi connectivity index (χ3v) is 3.52. The first kappa shape index (κ1) is 11.5. The lowest BCUT2D eigenvalue weighted by atomic mass is 10.1. The van der Waals surface area contributed by atoms with Gasteiger partial charge in [-0.3, -0.25) is 4.90 Å². The molecule has 0 amide bonds. The molecule has 0 atom stereocenters. The fourth-order valence-electron chi connectivity index (χ4n) is 2.46. The number of H-pyrrole nitrogens is 1. The van der Waals surface area contributed by atoms with Crippen LogP contribution in [0.4, 0.5) is 0 Å². The molecule has 1 aromatic heterocycles. The minimum absolute atomic E-state index is 0.850. The van der Waals surface area contributed by atoms with Gasteiger partial charge in [-0.15, -0.1) is 0 Å². The number of ether oxygens (including phenoxy) is 1. The molecule has 2 aromatic rings. The molecule has 94 valence electrons. The number of aromatic nitrogens is 1. The van der Waals surface area contributed by atoms with Crippen LogP contribution < -0.4 is 0 Å². The van der Waals surface area contributed by atoms with E-state index in [9.17, 15) is 0 Å². The molecule has 3 heteroatoms. The predicted molar refractivity (Wildman–Crippen MR) is 74.5 cm³/mol. The molecule has 0 bridgehead atoms. The van der Waals surface area contributed by atoms with E-state index in [0.717, 1.165) is 38.4 Å². The predicted octanol–water partition coefficient (Wildman–Crippen LogP) is 2.64. The van der Waals surface area contributed by atoms with Crippen LogP contribution in [-0.2, 0) is 11.3 Å². The Morgan fingerprint density at radius 3 is 2.94 bits per heavy atom. The van der Waals surface area contributed by atoms with E-state index in [-0.39, 0.29) is 0 Å². The lowest BCUT2D eigenvalue weighted by Crippen LogP contribution is -2.35. The van der Waals surface area contributed by atoms with Crippen LogP contribution >= 0.6 is 0 Å². The van der Waals surface area contributed by atoms with Crippen molar-refractivity contribution in [3.63, 3.8) is 0 Å². The van der Waals surface area contributed by atoms with E-state index < -0.39 is 0 Å². The van der Waals surface area contributed by atoms with Crippen LogP contribution in [0.15, 0.2) is 31.0 Å². The van der Waals surface area contributed by atoms with Gasteiger partial charge in [-0.05, 0) is 17.2 Å². The second kappa shape index (κ2) is 4.96. The normalized spacial score (nSPS) is 17.1. The van der Waals surface area contributed by atoms with Gasteiger partial charge in [0, 0.05) is 36.7 Å². The van der Waals surface area contributed by atoms with Gasteiger partial charge in [0.1, 0.15) is 0 Å². The molecule has 1 aliphatic rings. The number of fused-ring (bicyclic) bond motifs is 1. The van der Waals surface area contributed by atoms with Crippen molar-refractivity contribution >= 4 is 17.0 Å². The Labute approximate surface area is 107 Å². The maximum atomic E-state index is 5.38. The van der Waals surface area contributed by atoms with Crippen LogP contribution in [-0.4, -0.2) is 36.2 Å². The first-order valence-corrected chi connectivity index (χ1v) is 6.39. The van der Waals surface area contributed by atoms with Crippen molar-refractivity contribution in [3.8, 4) is 0 Å². The summed E-state index contributed by atoms with van der Waals surface area (Å²) in [7, 11) is 0. The quantitative estimate of drug-likeness (QED) is 0.896. The van der Waals surface area contributed by atoms with Crippen molar-refractivity contribution in [3.05, 3.63) is 42.1 Å². The zero-order valence-electron chi connectivity index (χ0n) is 10.5. The van der Waals surface area contributed by atoms with E-state index in [0.29, 0.717) is 0 Å². The van der Waals surface area contributed by atoms with Crippen LogP contribution in [0.2, 0.25) is 0 Å². The molecule has 1 saturated heterocycles.